The third-order valence-electron chi connectivity index (χ3n) is 4.98. The van der Waals surface area contributed by atoms with Gasteiger partial charge < -0.3 is 5.32 Å². The molecule has 1 aliphatic heterocycles. The molecule has 6 heteroatoms. The fourth-order valence-electron chi connectivity index (χ4n) is 3.25. The van der Waals surface area contributed by atoms with Gasteiger partial charge in [-0.25, -0.2) is 0 Å². The first-order valence-electron chi connectivity index (χ1n) is 9.65. The van der Waals surface area contributed by atoms with Crippen LogP contribution in [0.25, 0.3) is 0 Å². The third kappa shape index (κ3) is 6.65. The lowest BCUT2D eigenvalue weighted by Crippen LogP contribution is -2.38. The molecule has 25 heavy (non-hydrogen) atoms. The molecule has 0 spiro atoms. The molecule has 0 bridgehead atoms. The summed E-state index contributed by atoms with van der Waals surface area (Å²) in [5.74, 6) is 1.37. The summed E-state index contributed by atoms with van der Waals surface area (Å²) >= 11 is 1.56. The van der Waals surface area contributed by atoms with Crippen LogP contribution in [0.15, 0.2) is 0 Å². The lowest BCUT2D eigenvalue weighted by molar-refractivity contribution is -0.139. The van der Waals surface area contributed by atoms with Crippen LogP contribution in [0.4, 0.5) is 0 Å². The van der Waals surface area contributed by atoms with Crippen LogP contribution < -0.4 is 5.32 Å². The Bertz CT molecular complexity index is 446. The van der Waals surface area contributed by atoms with E-state index in [9.17, 15) is 14.4 Å². The van der Waals surface area contributed by atoms with E-state index in [0.717, 1.165) is 31.4 Å². The topological polar surface area (TPSA) is 66.5 Å². The van der Waals surface area contributed by atoms with E-state index in [4.69, 9.17) is 0 Å². The van der Waals surface area contributed by atoms with Crippen molar-refractivity contribution in [3.63, 3.8) is 0 Å². The quantitative estimate of drug-likeness (QED) is 0.729. The summed E-state index contributed by atoms with van der Waals surface area (Å²) < 4.78 is 0. The molecule has 1 saturated carbocycles. The number of hydrogen-bond acceptors (Lipinski definition) is 4. The number of thioether (sulfide) groups is 1. The molecule has 0 aromatic carbocycles. The van der Waals surface area contributed by atoms with Crippen molar-refractivity contribution >= 4 is 29.5 Å². The summed E-state index contributed by atoms with van der Waals surface area (Å²) in [6.45, 7) is 6.91. The van der Waals surface area contributed by atoms with Crippen molar-refractivity contribution in [2.75, 3.05) is 19.3 Å². The van der Waals surface area contributed by atoms with Crippen molar-refractivity contribution in [3.8, 4) is 0 Å². The summed E-state index contributed by atoms with van der Waals surface area (Å²) in [7, 11) is 1.67. The van der Waals surface area contributed by atoms with Crippen LogP contribution in [0.5, 0.6) is 0 Å². The molecule has 3 amide bonds. The third-order valence-corrected chi connectivity index (χ3v) is 6.08. The van der Waals surface area contributed by atoms with Gasteiger partial charge in [-0.05, 0) is 37.4 Å². The number of amides is 3. The first-order chi connectivity index (χ1) is 12.0. The molecule has 0 aromatic heterocycles. The molecule has 2 fully saturated rings. The van der Waals surface area contributed by atoms with Crippen molar-refractivity contribution in [3.05, 3.63) is 0 Å². The van der Waals surface area contributed by atoms with Crippen molar-refractivity contribution in [2.45, 2.75) is 71.0 Å². The Morgan fingerprint density at radius 3 is 2.20 bits per heavy atom. The lowest BCUT2D eigenvalue weighted by atomic mass is 9.81. The zero-order valence-electron chi connectivity index (χ0n) is 16.2. The molecule has 5 nitrogen and oxygen atoms in total. The Hall–Kier alpha value is -1.04. The average Bonchev–Trinajstić information content (AvgIpc) is 2.89. The molecule has 144 valence electrons. The van der Waals surface area contributed by atoms with E-state index >= 15 is 0 Å². The molecular formula is C19H34N2O3S. The van der Waals surface area contributed by atoms with E-state index in [1.165, 1.54) is 17.7 Å². The number of hydrogen-bond donors (Lipinski definition) is 1. The van der Waals surface area contributed by atoms with Crippen LogP contribution in [0.3, 0.4) is 0 Å². The van der Waals surface area contributed by atoms with E-state index in [-0.39, 0.29) is 28.9 Å². The Morgan fingerprint density at radius 1 is 1.12 bits per heavy atom. The predicted molar refractivity (Wildman–Crippen MR) is 103 cm³/mol. The van der Waals surface area contributed by atoms with Gasteiger partial charge in [-0.3, -0.25) is 19.3 Å². The van der Waals surface area contributed by atoms with Gasteiger partial charge in [0.25, 0.3) is 0 Å². The zero-order chi connectivity index (χ0) is 18.8. The standard InChI is InChI=1S/C15H24N2O3S.C4H10/c1-3-21-12-8-13(18)17(15(12)20)9-10-4-6-11(7-5-10)14(19)16-2;1-3-4-2/h10-12H,3-9H2,1-2H3,(H,16,19);3-4H2,1-2H3. The molecule has 1 aliphatic carbocycles. The van der Waals surface area contributed by atoms with Gasteiger partial charge in [-0.15, -0.1) is 11.8 Å². The van der Waals surface area contributed by atoms with Gasteiger partial charge in [0.1, 0.15) is 0 Å². The van der Waals surface area contributed by atoms with Gasteiger partial charge in [0.2, 0.25) is 17.7 Å². The highest BCUT2D eigenvalue weighted by molar-refractivity contribution is 8.00. The molecule has 0 radical (unpaired) electrons. The number of unbranched alkanes of at least 4 members (excludes halogenated alkanes) is 1. The van der Waals surface area contributed by atoms with Gasteiger partial charge in [0.15, 0.2) is 0 Å². The smallest absolute Gasteiger partial charge is 0.242 e. The fraction of sp³-hybridized carbons (Fsp3) is 0.842. The minimum absolute atomic E-state index is 0.0136. The largest absolute Gasteiger partial charge is 0.359 e. The normalized spacial score (nSPS) is 26.2. The Kier molecular flexibility index (Phi) is 10.2. The summed E-state index contributed by atoms with van der Waals surface area (Å²) in [6, 6.07) is 0. The summed E-state index contributed by atoms with van der Waals surface area (Å²) in [5, 5.41) is 2.52. The van der Waals surface area contributed by atoms with Crippen molar-refractivity contribution in [1.82, 2.24) is 10.2 Å². The maximum Gasteiger partial charge on any atom is 0.242 e. The molecule has 2 aliphatic rings. The van der Waals surface area contributed by atoms with Crippen LogP contribution in [0, 0.1) is 11.8 Å². The summed E-state index contributed by atoms with van der Waals surface area (Å²) in [4.78, 5) is 37.3. The van der Waals surface area contributed by atoms with E-state index in [0.29, 0.717) is 18.9 Å². The van der Waals surface area contributed by atoms with Crippen LogP contribution >= 0.6 is 11.8 Å². The van der Waals surface area contributed by atoms with E-state index < -0.39 is 0 Å². The number of rotatable bonds is 6. The highest BCUT2D eigenvalue weighted by Gasteiger charge is 2.40. The van der Waals surface area contributed by atoms with Crippen LogP contribution in [0.1, 0.15) is 65.7 Å². The van der Waals surface area contributed by atoms with E-state index in [1.54, 1.807) is 18.8 Å². The van der Waals surface area contributed by atoms with Crippen LogP contribution in [0.2, 0.25) is 0 Å². The first-order valence-corrected chi connectivity index (χ1v) is 10.7. The molecule has 1 atom stereocenters. The van der Waals surface area contributed by atoms with Gasteiger partial charge >= 0.3 is 0 Å². The van der Waals surface area contributed by atoms with Gasteiger partial charge in [0.05, 0.1) is 5.25 Å². The highest BCUT2D eigenvalue weighted by atomic mass is 32.2. The molecule has 1 saturated heterocycles. The van der Waals surface area contributed by atoms with Crippen LogP contribution in [-0.4, -0.2) is 47.2 Å². The van der Waals surface area contributed by atoms with Crippen molar-refractivity contribution in [2.24, 2.45) is 11.8 Å². The maximum atomic E-state index is 12.2. The van der Waals surface area contributed by atoms with Gasteiger partial charge in [0, 0.05) is 25.9 Å². The fourth-order valence-corrected chi connectivity index (χ4v) is 4.18. The molecule has 1 heterocycles. The zero-order valence-corrected chi connectivity index (χ0v) is 17.0. The maximum absolute atomic E-state index is 12.2. The second kappa shape index (κ2) is 11.6. The Labute approximate surface area is 156 Å². The highest BCUT2D eigenvalue weighted by Crippen LogP contribution is 2.32. The second-order valence-corrected chi connectivity index (χ2v) is 8.30. The number of carbonyl (C=O) groups excluding carboxylic acids is 3. The summed E-state index contributed by atoms with van der Waals surface area (Å²) in [6.07, 6.45) is 6.54. The monoisotopic (exact) mass is 370 g/mol. The number of nitrogens with one attached hydrogen (secondary N) is 1. The molecular weight excluding hydrogens is 336 g/mol. The van der Waals surface area contributed by atoms with Gasteiger partial charge in [-0.1, -0.05) is 33.6 Å². The van der Waals surface area contributed by atoms with Crippen LogP contribution in [-0.2, 0) is 14.4 Å². The van der Waals surface area contributed by atoms with E-state index in [1.807, 2.05) is 6.92 Å². The summed E-state index contributed by atoms with van der Waals surface area (Å²) in [5.41, 5.74) is 0. The minimum atomic E-state index is -0.176. The van der Waals surface area contributed by atoms with Crippen molar-refractivity contribution in [1.29, 1.82) is 0 Å². The molecule has 0 aromatic rings. The average molecular weight is 371 g/mol. The molecule has 1 N–H and O–H groups in total. The number of carbonyl (C=O) groups is 3. The van der Waals surface area contributed by atoms with E-state index in [2.05, 4.69) is 19.2 Å². The number of imide groups is 1. The van der Waals surface area contributed by atoms with Gasteiger partial charge in [-0.2, -0.15) is 0 Å². The second-order valence-electron chi connectivity index (χ2n) is 6.82. The SMILES string of the molecule is CCCC.CCSC1CC(=O)N(CC2CCC(C(=O)NC)CC2)C1=O. The van der Waals surface area contributed by atoms with Crippen molar-refractivity contribution < 1.29 is 14.4 Å². The molecule has 2 rings (SSSR count). The predicted octanol–water partition coefficient (Wildman–Crippen LogP) is 3.23. The number of likely N-dealkylation sites (tertiary alicyclic amines) is 1. The Balaban J connectivity index is 0.000000705. The Morgan fingerprint density at radius 2 is 1.72 bits per heavy atom. The first kappa shape index (κ1) is 22.0. The minimum Gasteiger partial charge on any atom is -0.359 e. The number of nitrogens with zero attached hydrogens (tertiary/aromatic N) is 1. The molecule has 1 unspecified atom stereocenters. The lowest BCUT2D eigenvalue weighted by Gasteiger charge is -2.29.